The summed E-state index contributed by atoms with van der Waals surface area (Å²) in [6, 6.07) is 9.75. The van der Waals surface area contributed by atoms with E-state index in [1.54, 1.807) is 11.8 Å². The molecule has 1 atom stereocenters. The summed E-state index contributed by atoms with van der Waals surface area (Å²) in [7, 11) is 0. The zero-order valence-electron chi connectivity index (χ0n) is 15.3. The van der Waals surface area contributed by atoms with Gasteiger partial charge in [-0.25, -0.2) is 9.97 Å². The number of hydrogen-bond acceptors (Lipinski definition) is 8. The van der Waals surface area contributed by atoms with Gasteiger partial charge in [0.2, 0.25) is 0 Å². The van der Waals surface area contributed by atoms with Crippen molar-refractivity contribution < 1.29 is 0 Å². The molecule has 0 bridgehead atoms. The third-order valence-corrected chi connectivity index (χ3v) is 6.35. The largest absolute Gasteiger partial charge is 0.328 e. The van der Waals surface area contributed by atoms with E-state index in [1.807, 2.05) is 55.9 Å². The highest BCUT2D eigenvalue weighted by Crippen LogP contribution is 2.32. The monoisotopic (exact) mass is 441 g/mol. The van der Waals surface area contributed by atoms with Gasteiger partial charge >= 0.3 is 0 Å². The molecule has 29 heavy (non-hydrogen) atoms. The minimum absolute atomic E-state index is 0.162. The summed E-state index contributed by atoms with van der Waals surface area (Å²) in [5, 5.41) is 9.99. The normalized spacial score (nSPS) is 15.7. The molecule has 0 saturated heterocycles. The smallest absolute Gasteiger partial charge is 0.180 e. The Morgan fingerprint density at radius 2 is 2.28 bits per heavy atom. The molecule has 7 nitrogen and oxygen atoms in total. The number of anilines is 2. The first-order valence-corrected chi connectivity index (χ1v) is 10.9. The predicted octanol–water partition coefficient (Wildman–Crippen LogP) is 4.72. The van der Waals surface area contributed by atoms with Crippen LogP contribution >= 0.6 is 34.9 Å². The average Bonchev–Trinajstić information content (AvgIpc) is 3.42. The number of rotatable bonds is 5. The second-order valence-corrected chi connectivity index (χ2v) is 8.90. The van der Waals surface area contributed by atoms with Crippen molar-refractivity contribution >= 4 is 57.6 Å². The molecule has 0 saturated carbocycles. The van der Waals surface area contributed by atoms with E-state index in [1.165, 1.54) is 11.5 Å². The first kappa shape index (κ1) is 18.4. The van der Waals surface area contributed by atoms with Crippen LogP contribution in [0, 0.1) is 6.92 Å². The zero-order valence-corrected chi connectivity index (χ0v) is 17.7. The summed E-state index contributed by atoms with van der Waals surface area (Å²) in [6.07, 6.45) is 5.81. The summed E-state index contributed by atoms with van der Waals surface area (Å²) >= 11 is 9.11. The number of hydrogen-bond donors (Lipinski definition) is 2. The topological polar surface area (TPSA) is 79.5 Å². The highest BCUT2D eigenvalue weighted by molar-refractivity contribution is 7.99. The van der Waals surface area contributed by atoms with Gasteiger partial charge in [-0.1, -0.05) is 29.4 Å². The maximum absolute atomic E-state index is 6.15. The van der Waals surface area contributed by atoms with Gasteiger partial charge in [-0.15, -0.1) is 0 Å². The van der Waals surface area contributed by atoms with Crippen LogP contribution in [0.1, 0.15) is 17.3 Å². The summed E-state index contributed by atoms with van der Waals surface area (Å²) < 4.78 is 6.42. The number of fused-ring (bicyclic) bond motifs is 1. The Labute approximate surface area is 180 Å². The Balaban J connectivity index is 1.60. The molecule has 1 aliphatic rings. The van der Waals surface area contributed by atoms with Crippen LogP contribution in [0.15, 0.2) is 57.7 Å². The van der Waals surface area contributed by atoms with Gasteiger partial charge in [-0.3, -0.25) is 4.40 Å². The quantitative estimate of drug-likeness (QED) is 0.466. The van der Waals surface area contributed by atoms with Gasteiger partial charge in [0, 0.05) is 28.9 Å². The molecule has 0 aliphatic carbocycles. The molecule has 5 rings (SSSR count). The molecular weight excluding hydrogens is 426 g/mol. The number of hydrazone groups is 1. The molecule has 1 unspecified atom stereocenters. The second kappa shape index (κ2) is 7.66. The van der Waals surface area contributed by atoms with E-state index in [4.69, 9.17) is 16.6 Å². The van der Waals surface area contributed by atoms with Crippen molar-refractivity contribution in [3.63, 3.8) is 0 Å². The first-order chi connectivity index (χ1) is 14.2. The van der Waals surface area contributed by atoms with Crippen molar-refractivity contribution in [1.82, 2.24) is 24.2 Å². The second-order valence-electron chi connectivity index (χ2n) is 6.57. The van der Waals surface area contributed by atoms with E-state index in [2.05, 4.69) is 29.6 Å². The lowest BCUT2D eigenvalue weighted by Gasteiger charge is -2.11. The van der Waals surface area contributed by atoms with Crippen LogP contribution in [0.4, 0.5) is 10.8 Å². The van der Waals surface area contributed by atoms with Gasteiger partial charge in [0.15, 0.2) is 11.5 Å². The van der Waals surface area contributed by atoms with Gasteiger partial charge in [-0.05, 0) is 42.7 Å². The minimum Gasteiger partial charge on any atom is -0.328 e. The van der Waals surface area contributed by atoms with Crippen LogP contribution < -0.4 is 10.7 Å². The molecular formula is C19H16ClN7S2. The van der Waals surface area contributed by atoms with Crippen LogP contribution in [0.5, 0.6) is 0 Å². The van der Waals surface area contributed by atoms with E-state index in [-0.39, 0.29) is 5.92 Å². The number of benzene rings is 1. The summed E-state index contributed by atoms with van der Waals surface area (Å²) in [5.41, 5.74) is 5.81. The van der Waals surface area contributed by atoms with Crippen molar-refractivity contribution in [1.29, 1.82) is 0 Å². The third-order valence-electron chi connectivity index (χ3n) is 4.42. The van der Waals surface area contributed by atoms with Crippen molar-refractivity contribution in [3.8, 4) is 0 Å². The molecule has 146 valence electrons. The number of nitrogens with one attached hydrogen (secondary N) is 2. The van der Waals surface area contributed by atoms with E-state index in [9.17, 15) is 0 Å². The van der Waals surface area contributed by atoms with Gasteiger partial charge in [0.1, 0.15) is 10.0 Å². The lowest BCUT2D eigenvalue weighted by atomic mass is 10.1. The van der Waals surface area contributed by atoms with E-state index < -0.39 is 0 Å². The number of aromatic nitrogens is 4. The Hall–Kier alpha value is -2.62. The lowest BCUT2D eigenvalue weighted by molar-refractivity contribution is 0.745. The highest BCUT2D eigenvalue weighted by Gasteiger charge is 2.20. The molecule has 3 aromatic heterocycles. The Morgan fingerprint density at radius 3 is 3.03 bits per heavy atom. The molecule has 4 aromatic rings. The van der Waals surface area contributed by atoms with Crippen LogP contribution in [0.25, 0.3) is 5.65 Å². The fourth-order valence-electron chi connectivity index (χ4n) is 3.11. The Bertz CT molecular complexity index is 1220. The Kier molecular flexibility index (Phi) is 4.86. The predicted molar refractivity (Wildman–Crippen MR) is 118 cm³/mol. The van der Waals surface area contributed by atoms with Crippen molar-refractivity contribution in [2.24, 2.45) is 5.10 Å². The number of aryl methyl sites for hydroxylation is 1. The maximum atomic E-state index is 6.15. The van der Waals surface area contributed by atoms with Crippen LogP contribution in [0.3, 0.4) is 0 Å². The van der Waals surface area contributed by atoms with Gasteiger partial charge in [-0.2, -0.15) is 9.47 Å². The fourth-order valence-corrected chi connectivity index (χ4v) is 4.89. The first-order valence-electron chi connectivity index (χ1n) is 8.93. The van der Waals surface area contributed by atoms with Gasteiger partial charge < -0.3 is 10.7 Å². The molecule has 0 amide bonds. The molecule has 0 radical (unpaired) electrons. The molecule has 10 heteroatoms. The maximum Gasteiger partial charge on any atom is 0.180 e. The molecule has 1 aromatic carbocycles. The summed E-state index contributed by atoms with van der Waals surface area (Å²) in [6.45, 7) is 2.72. The van der Waals surface area contributed by atoms with Crippen LogP contribution in [0.2, 0.25) is 5.02 Å². The SMILES string of the molecule is Cc1cc(Nc2nc(Sc3cccc(Cl)c3)cn3c(C4C=NNC4)cnc23)sn1. The Morgan fingerprint density at radius 1 is 1.34 bits per heavy atom. The molecule has 1 aliphatic heterocycles. The van der Waals surface area contributed by atoms with Crippen molar-refractivity contribution in [2.45, 2.75) is 22.8 Å². The molecule has 2 N–H and O–H groups in total. The zero-order chi connectivity index (χ0) is 19.8. The average molecular weight is 442 g/mol. The van der Waals surface area contributed by atoms with E-state index in [0.717, 1.165) is 38.5 Å². The standard InChI is InChI=1S/C19H16ClN7S2/c1-11-5-16(29-26-11)24-18-19-21-9-15(12-7-22-23-8-12)27(19)10-17(25-18)28-14-4-2-3-13(20)6-14/h2-7,9-10,12,23H,8H2,1H3,(H,24,25). The molecule has 4 heterocycles. The van der Waals surface area contributed by atoms with Gasteiger partial charge in [0.05, 0.1) is 23.5 Å². The van der Waals surface area contributed by atoms with Crippen molar-refractivity contribution in [3.05, 3.63) is 59.1 Å². The fraction of sp³-hybridized carbons (Fsp3) is 0.158. The number of halogens is 1. The molecule has 0 fully saturated rings. The van der Waals surface area contributed by atoms with Crippen LogP contribution in [-0.4, -0.2) is 31.5 Å². The van der Waals surface area contributed by atoms with Crippen LogP contribution in [-0.2, 0) is 0 Å². The van der Waals surface area contributed by atoms with E-state index in [0.29, 0.717) is 10.8 Å². The number of nitrogens with zero attached hydrogens (tertiary/aromatic N) is 5. The van der Waals surface area contributed by atoms with E-state index >= 15 is 0 Å². The third kappa shape index (κ3) is 3.81. The van der Waals surface area contributed by atoms with Crippen molar-refractivity contribution in [2.75, 3.05) is 11.9 Å². The summed E-state index contributed by atoms with van der Waals surface area (Å²) in [4.78, 5) is 10.5. The van der Waals surface area contributed by atoms with Gasteiger partial charge in [0.25, 0.3) is 0 Å². The highest BCUT2D eigenvalue weighted by atomic mass is 35.5. The minimum atomic E-state index is 0.162. The summed E-state index contributed by atoms with van der Waals surface area (Å²) in [5.74, 6) is 0.852. The number of imidazole rings is 1. The lowest BCUT2D eigenvalue weighted by Crippen LogP contribution is -2.11. The molecule has 0 spiro atoms.